The fourth-order valence-electron chi connectivity index (χ4n) is 1.56. The van der Waals surface area contributed by atoms with Gasteiger partial charge in [0.05, 0.1) is 24.2 Å². The topological polar surface area (TPSA) is 27.7 Å². The molecule has 1 aromatic rings. The zero-order valence-corrected chi connectivity index (χ0v) is 11.1. The van der Waals surface area contributed by atoms with Crippen LogP contribution in [0.2, 0.25) is 0 Å². The molecule has 0 saturated carbocycles. The smallest absolute Gasteiger partial charge is 0.167 e. The van der Waals surface area contributed by atoms with Crippen LogP contribution in [0.4, 0.5) is 0 Å². The van der Waals surface area contributed by atoms with Crippen LogP contribution in [0.5, 0.6) is 0 Å². The molecule has 16 heavy (non-hydrogen) atoms. The number of hydrogen-bond donors (Lipinski definition) is 0. The minimum atomic E-state index is -0.0501. The molecule has 1 aliphatic heterocycles. The number of halogens is 1. The first-order valence-electron chi connectivity index (χ1n) is 5.33. The Morgan fingerprint density at radius 1 is 1.31 bits per heavy atom. The maximum absolute atomic E-state index is 5.59. The molecule has 0 amide bonds. The second-order valence-corrected chi connectivity index (χ2v) is 4.56. The predicted octanol–water partition coefficient (Wildman–Crippen LogP) is 2.38. The summed E-state index contributed by atoms with van der Waals surface area (Å²) in [6, 6.07) is 10.1. The van der Waals surface area contributed by atoms with Crippen molar-refractivity contribution < 1.29 is 14.2 Å². The van der Waals surface area contributed by atoms with E-state index in [2.05, 4.69) is 34.7 Å². The van der Waals surface area contributed by atoms with Crippen molar-refractivity contribution in [3.63, 3.8) is 0 Å². The number of benzene rings is 1. The van der Waals surface area contributed by atoms with Crippen LogP contribution >= 0.6 is 22.6 Å². The van der Waals surface area contributed by atoms with Crippen molar-refractivity contribution in [1.29, 1.82) is 0 Å². The Bertz CT molecular complexity index is 304. The maximum Gasteiger partial charge on any atom is 0.167 e. The summed E-state index contributed by atoms with van der Waals surface area (Å²) >= 11 is 2.26. The summed E-state index contributed by atoms with van der Waals surface area (Å²) < 4.78 is 17.5. The van der Waals surface area contributed by atoms with Crippen LogP contribution in [-0.2, 0) is 20.8 Å². The third kappa shape index (κ3) is 3.69. The second-order valence-electron chi connectivity index (χ2n) is 3.68. The summed E-state index contributed by atoms with van der Waals surface area (Å²) in [7, 11) is 0. The number of rotatable bonds is 5. The van der Waals surface area contributed by atoms with E-state index in [4.69, 9.17) is 14.2 Å². The highest BCUT2D eigenvalue weighted by molar-refractivity contribution is 14.1. The Balaban J connectivity index is 1.65. The monoisotopic (exact) mass is 334 g/mol. The first-order chi connectivity index (χ1) is 7.88. The largest absolute Gasteiger partial charge is 0.374 e. The Morgan fingerprint density at radius 3 is 2.81 bits per heavy atom. The quantitative estimate of drug-likeness (QED) is 0.611. The normalized spacial score (nSPS) is 24.8. The molecular weight excluding hydrogens is 319 g/mol. The molecule has 1 saturated heterocycles. The van der Waals surface area contributed by atoms with E-state index in [9.17, 15) is 0 Å². The summed E-state index contributed by atoms with van der Waals surface area (Å²) in [5.41, 5.74) is 1.19. The van der Waals surface area contributed by atoms with E-state index in [0.29, 0.717) is 19.8 Å². The van der Waals surface area contributed by atoms with Gasteiger partial charge in [0.2, 0.25) is 0 Å². The van der Waals surface area contributed by atoms with E-state index in [-0.39, 0.29) is 12.4 Å². The number of alkyl halides is 1. The van der Waals surface area contributed by atoms with E-state index in [1.54, 1.807) is 0 Å². The fraction of sp³-hybridized carbons (Fsp3) is 0.500. The van der Waals surface area contributed by atoms with Crippen LogP contribution in [0.25, 0.3) is 0 Å². The van der Waals surface area contributed by atoms with Gasteiger partial charge in [0.25, 0.3) is 0 Å². The van der Waals surface area contributed by atoms with Gasteiger partial charge in [-0.3, -0.25) is 0 Å². The zero-order valence-electron chi connectivity index (χ0n) is 8.97. The van der Waals surface area contributed by atoms with Gasteiger partial charge in [-0.25, -0.2) is 0 Å². The molecule has 1 aromatic carbocycles. The first-order valence-corrected chi connectivity index (χ1v) is 6.85. The molecule has 2 atom stereocenters. The molecular formula is C12H15IO3. The van der Waals surface area contributed by atoms with Crippen molar-refractivity contribution in [2.75, 3.05) is 17.6 Å². The summed E-state index contributed by atoms with van der Waals surface area (Å²) in [5.74, 6) is 0. The van der Waals surface area contributed by atoms with Gasteiger partial charge in [-0.2, -0.15) is 0 Å². The summed E-state index contributed by atoms with van der Waals surface area (Å²) in [6.07, 6.45) is 0.0365. The van der Waals surface area contributed by atoms with E-state index in [1.807, 2.05) is 18.2 Å². The summed E-state index contributed by atoms with van der Waals surface area (Å²) in [6.45, 7) is 1.88. The van der Waals surface area contributed by atoms with Gasteiger partial charge in [-0.15, -0.1) is 0 Å². The summed E-state index contributed by atoms with van der Waals surface area (Å²) in [5, 5.41) is 0. The van der Waals surface area contributed by atoms with Crippen LogP contribution in [0.15, 0.2) is 30.3 Å². The molecule has 88 valence electrons. The van der Waals surface area contributed by atoms with Crippen LogP contribution in [0.3, 0.4) is 0 Å². The molecule has 0 radical (unpaired) electrons. The minimum Gasteiger partial charge on any atom is -0.374 e. The van der Waals surface area contributed by atoms with Gasteiger partial charge in [0.1, 0.15) is 6.10 Å². The molecule has 1 fully saturated rings. The molecule has 0 spiro atoms. The number of ether oxygens (including phenoxy) is 3. The second kappa shape index (κ2) is 6.54. The number of hydrogen-bond acceptors (Lipinski definition) is 3. The van der Waals surface area contributed by atoms with Crippen LogP contribution in [0, 0.1) is 0 Å². The van der Waals surface area contributed by atoms with Crippen LogP contribution < -0.4 is 0 Å². The lowest BCUT2D eigenvalue weighted by Crippen LogP contribution is -2.19. The average Bonchev–Trinajstić information content (AvgIpc) is 2.78. The van der Waals surface area contributed by atoms with Crippen molar-refractivity contribution in [2.45, 2.75) is 19.0 Å². The van der Waals surface area contributed by atoms with E-state index in [1.165, 1.54) is 5.56 Å². The lowest BCUT2D eigenvalue weighted by molar-refractivity contribution is -0.0550. The summed E-state index contributed by atoms with van der Waals surface area (Å²) in [4.78, 5) is 0. The third-order valence-electron chi connectivity index (χ3n) is 2.35. The van der Waals surface area contributed by atoms with Gasteiger partial charge in [0, 0.05) is 0 Å². The lowest BCUT2D eigenvalue weighted by atomic mass is 10.2. The SMILES string of the molecule is IC[C@@H]1OC[C@@H](COCc2ccccc2)O1. The highest BCUT2D eigenvalue weighted by Gasteiger charge is 2.24. The van der Waals surface area contributed by atoms with Crippen molar-refractivity contribution >= 4 is 22.6 Å². The van der Waals surface area contributed by atoms with E-state index in [0.717, 1.165) is 4.43 Å². The van der Waals surface area contributed by atoms with Crippen molar-refractivity contribution in [3.8, 4) is 0 Å². The lowest BCUT2D eigenvalue weighted by Gasteiger charge is -2.10. The molecule has 1 heterocycles. The average molecular weight is 334 g/mol. The zero-order chi connectivity index (χ0) is 11.2. The van der Waals surface area contributed by atoms with E-state index >= 15 is 0 Å². The molecule has 0 unspecified atom stereocenters. The molecule has 1 aliphatic rings. The van der Waals surface area contributed by atoms with Gasteiger partial charge in [0.15, 0.2) is 6.29 Å². The highest BCUT2D eigenvalue weighted by atomic mass is 127. The minimum absolute atomic E-state index is 0.0501. The predicted molar refractivity (Wildman–Crippen MR) is 69.6 cm³/mol. The van der Waals surface area contributed by atoms with Crippen molar-refractivity contribution in [3.05, 3.63) is 35.9 Å². The first kappa shape index (κ1) is 12.3. The van der Waals surface area contributed by atoms with E-state index < -0.39 is 0 Å². The van der Waals surface area contributed by atoms with Gasteiger partial charge >= 0.3 is 0 Å². The molecule has 0 bridgehead atoms. The Hall–Kier alpha value is -0.170. The fourth-order valence-corrected chi connectivity index (χ4v) is 2.02. The van der Waals surface area contributed by atoms with Gasteiger partial charge in [-0.05, 0) is 5.56 Å². The van der Waals surface area contributed by atoms with Gasteiger partial charge in [-0.1, -0.05) is 52.9 Å². The highest BCUT2D eigenvalue weighted by Crippen LogP contribution is 2.14. The Morgan fingerprint density at radius 2 is 2.12 bits per heavy atom. The third-order valence-corrected chi connectivity index (χ3v) is 3.07. The molecule has 0 N–H and O–H groups in total. The standard InChI is InChI=1S/C12H15IO3/c13-6-12-15-9-11(16-12)8-14-7-10-4-2-1-3-5-10/h1-5,11-12H,6-9H2/t11-,12-/m1/s1. The van der Waals surface area contributed by atoms with Crippen LogP contribution in [0.1, 0.15) is 5.56 Å². The molecule has 2 rings (SSSR count). The van der Waals surface area contributed by atoms with Crippen LogP contribution in [-0.4, -0.2) is 30.0 Å². The van der Waals surface area contributed by atoms with Gasteiger partial charge < -0.3 is 14.2 Å². The Labute approximate surface area is 109 Å². The molecule has 3 nitrogen and oxygen atoms in total. The molecule has 0 aliphatic carbocycles. The maximum atomic E-state index is 5.59. The van der Waals surface area contributed by atoms with Crippen molar-refractivity contribution in [2.24, 2.45) is 0 Å². The Kier molecular flexibility index (Phi) is 5.02. The van der Waals surface area contributed by atoms with Crippen molar-refractivity contribution in [1.82, 2.24) is 0 Å². The molecule has 4 heteroatoms. The molecule has 0 aromatic heterocycles.